The van der Waals surface area contributed by atoms with Crippen molar-refractivity contribution in [2.45, 2.75) is 70.4 Å². The summed E-state index contributed by atoms with van der Waals surface area (Å²) in [6.07, 6.45) is 0. The molecule has 0 unspecified atom stereocenters. The number of rotatable bonds is 3. The first-order valence-corrected chi connectivity index (χ1v) is 45.9. The summed E-state index contributed by atoms with van der Waals surface area (Å²) >= 11 is 21.1. The average Bonchev–Trinajstić information content (AvgIpc) is 2.83. The third kappa shape index (κ3) is 31.1. The number of ether oxygens (including phenoxy) is 2. The van der Waals surface area contributed by atoms with Crippen molar-refractivity contribution in [1.82, 2.24) is 0 Å². The maximum absolute atomic E-state index is 10.7. The molecule has 2 aromatic rings. The average molecular weight is 817 g/mol. The molecular formula is C24H34Cl3K6N3O7. The van der Waals surface area contributed by atoms with Crippen LogP contribution >= 0.6 is 34.8 Å². The first-order chi connectivity index (χ1) is 18.6. The Morgan fingerprint density at radius 3 is 1.47 bits per heavy atom. The Balaban J connectivity index is -0.0000000885. The van der Waals surface area contributed by atoms with Gasteiger partial charge in [0, 0.05) is 12.1 Å². The minimum atomic E-state index is -1.76. The SMILES string of the molecule is CC(C)(C)OC(=N)C(Cl)(Cl)Cl.Cc1c(O)cccc1[N+](=O)[O-].Cc1c(OC(C)(C)C)cccc1[N+](=O)[O-].[H-].[H-].[K+].[K+].[K][K].[K][K]. The van der Waals surface area contributed by atoms with Crippen molar-refractivity contribution in [3.05, 3.63) is 67.8 Å². The zero-order chi connectivity index (χ0) is 33.4. The van der Waals surface area contributed by atoms with E-state index in [0.717, 1.165) is 0 Å². The monoisotopic (exact) mass is 815 g/mol. The molecule has 10 nitrogen and oxygen atoms in total. The van der Waals surface area contributed by atoms with E-state index in [9.17, 15) is 20.2 Å². The second-order valence-corrected chi connectivity index (χ2v) is 11.9. The van der Waals surface area contributed by atoms with Crippen molar-refractivity contribution in [3.63, 3.8) is 0 Å². The quantitative estimate of drug-likeness (QED) is 0.115. The van der Waals surface area contributed by atoms with Crippen LogP contribution < -0.4 is 108 Å². The van der Waals surface area contributed by atoms with Crippen LogP contribution in [0.25, 0.3) is 0 Å². The van der Waals surface area contributed by atoms with E-state index in [1.165, 1.54) is 157 Å². The van der Waals surface area contributed by atoms with Crippen LogP contribution in [0.1, 0.15) is 55.5 Å². The van der Waals surface area contributed by atoms with Crippen molar-refractivity contribution in [2.75, 3.05) is 0 Å². The number of alkyl halides is 3. The molecule has 43 heavy (non-hydrogen) atoms. The van der Waals surface area contributed by atoms with E-state index in [4.69, 9.17) is 54.8 Å². The summed E-state index contributed by atoms with van der Waals surface area (Å²) in [6.45, 7) is 14.3. The van der Waals surface area contributed by atoms with Crippen molar-refractivity contribution >= 4 is 178 Å². The number of nitrogens with zero attached hydrogens (tertiary/aromatic N) is 2. The molecule has 0 aliphatic heterocycles. The van der Waals surface area contributed by atoms with Gasteiger partial charge in [0.1, 0.15) is 22.7 Å². The molecular weight excluding hydrogens is 783 g/mol. The number of phenols is 1. The molecule has 0 aromatic heterocycles. The number of nitro benzene ring substituents is 2. The summed E-state index contributed by atoms with van der Waals surface area (Å²) in [7, 11) is 0. The molecule has 0 saturated carbocycles. The molecule has 0 atom stereocenters. The van der Waals surface area contributed by atoms with Crippen LogP contribution in [0.3, 0.4) is 0 Å². The standard InChI is InChI=1S/C11H15NO3.C7H7NO3.C6H10Cl3NO.6K.2H/c1-8-9(12(13)14)6-5-7-10(8)15-11(2,3)4;1-5-6(8(10)11)3-2-4-7(5)9;1-5(2,3)11-4(10)6(7,8)9;;;;;;;;/h5-7H,1-4H3;2-4,9H,1H3;10H,1-3H3;;;;;;;;/q;;;;;;;2*+1;2*-1. The summed E-state index contributed by atoms with van der Waals surface area (Å²) in [6, 6.07) is 9.07. The van der Waals surface area contributed by atoms with E-state index in [2.05, 4.69) is 0 Å². The Hall–Kier alpha value is 7.00. The molecule has 214 valence electrons. The van der Waals surface area contributed by atoms with Crippen LogP contribution in [0.2, 0.25) is 0 Å². The molecule has 2 aromatic carbocycles. The molecule has 2 N–H and O–H groups in total. The van der Waals surface area contributed by atoms with Crippen LogP contribution in [0.5, 0.6) is 11.5 Å². The van der Waals surface area contributed by atoms with Gasteiger partial charge in [-0.05, 0) is 67.5 Å². The van der Waals surface area contributed by atoms with Gasteiger partial charge in [0.2, 0.25) is 5.90 Å². The van der Waals surface area contributed by atoms with Crippen LogP contribution in [-0.4, -0.2) is 162 Å². The van der Waals surface area contributed by atoms with Gasteiger partial charge in [-0.15, -0.1) is 0 Å². The summed E-state index contributed by atoms with van der Waals surface area (Å²) in [5.74, 6) is 0.172. The Kier molecular flexibility index (Phi) is 43.2. The Labute approximate surface area is 448 Å². The number of aromatic hydroxyl groups is 1. The Morgan fingerprint density at radius 1 is 0.814 bits per heavy atom. The van der Waals surface area contributed by atoms with Gasteiger partial charge in [-0.25, -0.2) is 0 Å². The van der Waals surface area contributed by atoms with E-state index >= 15 is 0 Å². The molecule has 0 fully saturated rings. The predicted molar refractivity (Wildman–Crippen MR) is 172 cm³/mol. The molecule has 0 radical (unpaired) electrons. The number of hydrogen-bond acceptors (Lipinski definition) is 8. The van der Waals surface area contributed by atoms with Crippen molar-refractivity contribution in [1.29, 1.82) is 5.41 Å². The van der Waals surface area contributed by atoms with Crippen LogP contribution in [0.15, 0.2) is 36.4 Å². The number of hydrogen-bond donors (Lipinski definition) is 2. The third-order valence-corrected chi connectivity index (χ3v) is 4.52. The Bertz CT molecular complexity index is 1140. The second kappa shape index (κ2) is 31.4. The summed E-state index contributed by atoms with van der Waals surface area (Å²) in [5.41, 5.74) is 0.0673. The van der Waals surface area contributed by atoms with Crippen LogP contribution in [-0.2, 0) is 4.74 Å². The van der Waals surface area contributed by atoms with Gasteiger partial charge in [0.15, 0.2) is 0 Å². The topological polar surface area (TPSA) is 149 Å². The fourth-order valence-electron chi connectivity index (χ4n) is 2.41. The molecule has 0 saturated heterocycles. The number of benzene rings is 2. The number of phenolic OH excluding ortho intramolecular Hbond substituents is 1. The van der Waals surface area contributed by atoms with Gasteiger partial charge in [0.05, 0.1) is 21.0 Å². The normalized spacial score (nSPS) is 10.0. The zero-order valence-corrected chi connectivity index (χ0v) is 48.9. The molecule has 0 spiro atoms. The first kappa shape index (κ1) is 59.3. The zero-order valence-electron chi connectivity index (χ0n) is 29.9. The van der Waals surface area contributed by atoms with Crippen LogP contribution in [0.4, 0.5) is 11.4 Å². The molecule has 0 bridgehead atoms. The fraction of sp³-hybridized carbons (Fsp3) is 0.458. The molecule has 0 aliphatic carbocycles. The fourth-order valence-corrected chi connectivity index (χ4v) is 2.53. The van der Waals surface area contributed by atoms with Gasteiger partial charge in [-0.3, -0.25) is 25.6 Å². The van der Waals surface area contributed by atoms with Gasteiger partial charge in [0.25, 0.3) is 15.2 Å². The summed E-state index contributed by atoms with van der Waals surface area (Å²) in [5, 5.41) is 37.2. The third-order valence-electron chi connectivity index (χ3n) is 4.01. The van der Waals surface area contributed by atoms with Gasteiger partial charge >= 0.3 is 229 Å². The molecule has 0 aliphatic rings. The van der Waals surface area contributed by atoms with Crippen molar-refractivity contribution in [3.8, 4) is 11.5 Å². The van der Waals surface area contributed by atoms with Gasteiger partial charge in [-0.2, -0.15) is 0 Å². The Morgan fingerprint density at radius 2 is 1.19 bits per heavy atom. The summed E-state index contributed by atoms with van der Waals surface area (Å²) < 4.78 is 8.85. The van der Waals surface area contributed by atoms with E-state index in [1.807, 2.05) is 20.8 Å². The minimum absolute atomic E-state index is 0. The van der Waals surface area contributed by atoms with Crippen LogP contribution in [0, 0.1) is 39.5 Å². The summed E-state index contributed by atoms with van der Waals surface area (Å²) in [4.78, 5) is 20.0. The molecule has 19 heteroatoms. The molecule has 2 rings (SSSR count). The molecule has 0 amide bonds. The predicted octanol–water partition coefficient (Wildman–Crippen LogP) is 0.548. The first-order valence-electron chi connectivity index (χ1n) is 12.8. The van der Waals surface area contributed by atoms with E-state index in [0.29, 0.717) is 16.9 Å². The van der Waals surface area contributed by atoms with Gasteiger partial charge < -0.3 is 17.4 Å². The number of nitrogens with one attached hydrogen (secondary N) is 1. The second-order valence-electron chi connectivity index (χ2n) is 9.59. The van der Waals surface area contributed by atoms with E-state index in [-0.39, 0.29) is 134 Å². The van der Waals surface area contributed by atoms with Crippen molar-refractivity contribution < 1.29 is 130 Å². The molecule has 0 heterocycles. The number of nitro groups is 2. The van der Waals surface area contributed by atoms with E-state index < -0.39 is 19.2 Å². The van der Waals surface area contributed by atoms with Crippen molar-refractivity contribution in [2.24, 2.45) is 0 Å². The maximum atomic E-state index is 10.7. The number of halogens is 3. The van der Waals surface area contributed by atoms with Gasteiger partial charge in [-0.1, -0.05) is 46.9 Å². The van der Waals surface area contributed by atoms with E-state index in [1.54, 1.807) is 39.8 Å².